The summed E-state index contributed by atoms with van der Waals surface area (Å²) in [6, 6.07) is 5.87. The average molecular weight is 299 g/mol. The van der Waals surface area contributed by atoms with Crippen LogP contribution in [0.2, 0.25) is 0 Å². The van der Waals surface area contributed by atoms with Crippen molar-refractivity contribution in [1.82, 2.24) is 9.55 Å². The van der Waals surface area contributed by atoms with Crippen LogP contribution in [-0.2, 0) is 13.7 Å². The van der Waals surface area contributed by atoms with Crippen molar-refractivity contribution in [2.75, 3.05) is 0 Å². The molecule has 84 valence electrons. The Hall–Kier alpha value is -0.780. The van der Waals surface area contributed by atoms with Crippen LogP contribution in [0.25, 0.3) is 0 Å². The van der Waals surface area contributed by atoms with Gasteiger partial charge in [0.2, 0.25) is 0 Å². The number of aliphatic hydroxyl groups excluding tert-OH is 1. The van der Waals surface area contributed by atoms with Crippen molar-refractivity contribution in [3.63, 3.8) is 0 Å². The van der Waals surface area contributed by atoms with Gasteiger partial charge in [-0.15, -0.1) is 0 Å². The summed E-state index contributed by atoms with van der Waals surface area (Å²) in [6.45, 7) is 0.0339. The Morgan fingerprint density at radius 2 is 2.31 bits per heavy atom. The zero-order valence-corrected chi connectivity index (χ0v) is 11.1. The van der Waals surface area contributed by atoms with Gasteiger partial charge in [-0.2, -0.15) is 0 Å². The van der Waals surface area contributed by atoms with Crippen molar-refractivity contribution < 1.29 is 5.11 Å². The Bertz CT molecular complexity index is 498. The number of rotatable bonds is 3. The maximum atomic E-state index is 9.28. The Kier molecular flexibility index (Phi) is 3.68. The molecule has 0 fully saturated rings. The van der Waals surface area contributed by atoms with Crippen LogP contribution in [0.3, 0.4) is 0 Å². The first kappa shape index (κ1) is 11.7. The molecule has 2 aromatic rings. The Labute approximate surface area is 107 Å². The first-order valence-corrected chi connectivity index (χ1v) is 6.36. The summed E-state index contributed by atoms with van der Waals surface area (Å²) in [6.07, 6.45) is 3.67. The summed E-state index contributed by atoms with van der Waals surface area (Å²) in [4.78, 5) is 5.27. The van der Waals surface area contributed by atoms with Crippen LogP contribution in [0.15, 0.2) is 45.1 Å². The minimum Gasteiger partial charge on any atom is -0.392 e. The van der Waals surface area contributed by atoms with Crippen molar-refractivity contribution >= 4 is 27.7 Å². The average Bonchev–Trinajstić information content (AvgIpc) is 2.67. The maximum Gasteiger partial charge on any atom is 0.172 e. The topological polar surface area (TPSA) is 38.0 Å². The lowest BCUT2D eigenvalue weighted by Gasteiger charge is -2.07. The molecule has 2 rings (SSSR count). The molecule has 0 unspecified atom stereocenters. The quantitative estimate of drug-likeness (QED) is 0.947. The molecule has 1 aromatic carbocycles. The molecule has 0 bridgehead atoms. The predicted molar refractivity (Wildman–Crippen MR) is 67.4 cm³/mol. The highest BCUT2D eigenvalue weighted by atomic mass is 79.9. The molecule has 0 atom stereocenters. The summed E-state index contributed by atoms with van der Waals surface area (Å²) in [5.41, 5.74) is 0.905. The van der Waals surface area contributed by atoms with E-state index in [4.69, 9.17) is 0 Å². The second kappa shape index (κ2) is 5.03. The normalized spacial score (nSPS) is 10.7. The molecule has 3 nitrogen and oxygen atoms in total. The first-order chi connectivity index (χ1) is 7.70. The zero-order chi connectivity index (χ0) is 11.5. The molecule has 1 N–H and O–H groups in total. The highest BCUT2D eigenvalue weighted by Gasteiger charge is 2.07. The number of benzene rings is 1. The lowest BCUT2D eigenvalue weighted by Crippen LogP contribution is -1.92. The predicted octanol–water partition coefficient (Wildman–Crippen LogP) is 2.83. The van der Waals surface area contributed by atoms with E-state index in [-0.39, 0.29) is 6.61 Å². The van der Waals surface area contributed by atoms with Crippen LogP contribution in [0.4, 0.5) is 0 Å². The van der Waals surface area contributed by atoms with E-state index in [2.05, 4.69) is 20.9 Å². The van der Waals surface area contributed by atoms with Crippen molar-refractivity contribution in [1.29, 1.82) is 0 Å². The summed E-state index contributed by atoms with van der Waals surface area (Å²) in [7, 11) is 1.95. The van der Waals surface area contributed by atoms with E-state index in [1.165, 1.54) is 0 Å². The molecule has 5 heteroatoms. The molecule has 0 spiro atoms. The number of nitrogens with zero attached hydrogens (tertiary/aromatic N) is 2. The molecular weight excluding hydrogens is 288 g/mol. The fourth-order valence-corrected chi connectivity index (χ4v) is 2.63. The van der Waals surface area contributed by atoms with Crippen LogP contribution >= 0.6 is 27.7 Å². The van der Waals surface area contributed by atoms with Crippen molar-refractivity contribution in [2.24, 2.45) is 7.05 Å². The minimum absolute atomic E-state index is 0.0339. The molecule has 0 saturated carbocycles. The molecule has 0 aliphatic carbocycles. The lowest BCUT2D eigenvalue weighted by atomic mass is 10.2. The van der Waals surface area contributed by atoms with Gasteiger partial charge in [-0.1, -0.05) is 27.7 Å². The molecule has 16 heavy (non-hydrogen) atoms. The fourth-order valence-electron chi connectivity index (χ4n) is 1.32. The highest BCUT2D eigenvalue weighted by molar-refractivity contribution is 9.10. The molecule has 1 aromatic heterocycles. The number of aryl methyl sites for hydroxylation is 1. The number of aliphatic hydroxyl groups is 1. The first-order valence-electron chi connectivity index (χ1n) is 4.75. The van der Waals surface area contributed by atoms with Crippen molar-refractivity contribution in [2.45, 2.75) is 16.7 Å². The lowest BCUT2D eigenvalue weighted by molar-refractivity contribution is 0.279. The van der Waals surface area contributed by atoms with E-state index in [1.807, 2.05) is 36.0 Å². The van der Waals surface area contributed by atoms with E-state index in [1.54, 1.807) is 18.0 Å². The monoisotopic (exact) mass is 298 g/mol. The van der Waals surface area contributed by atoms with Crippen LogP contribution in [0.1, 0.15) is 5.56 Å². The Balaban J connectivity index is 2.31. The van der Waals surface area contributed by atoms with Crippen LogP contribution < -0.4 is 0 Å². The van der Waals surface area contributed by atoms with E-state index in [0.717, 1.165) is 20.1 Å². The third-order valence-corrected chi connectivity index (χ3v) is 3.86. The number of hydrogen-bond acceptors (Lipinski definition) is 3. The minimum atomic E-state index is 0.0339. The SMILES string of the molecule is Cn1ccnc1Sc1ccc(Br)cc1CO. The molecule has 0 saturated heterocycles. The van der Waals surface area contributed by atoms with Gasteiger partial charge in [0.1, 0.15) is 0 Å². The summed E-state index contributed by atoms with van der Waals surface area (Å²) in [5, 5.41) is 10.2. The number of imidazole rings is 1. The standard InChI is InChI=1S/C11H11BrN2OS/c1-14-5-4-13-11(14)16-10-3-2-9(12)6-8(10)7-15/h2-6,15H,7H2,1H3. The Morgan fingerprint density at radius 3 is 2.94 bits per heavy atom. The van der Waals surface area contributed by atoms with Crippen LogP contribution in [-0.4, -0.2) is 14.7 Å². The van der Waals surface area contributed by atoms with E-state index < -0.39 is 0 Å². The molecule has 0 aliphatic rings. The molecule has 1 heterocycles. The zero-order valence-electron chi connectivity index (χ0n) is 8.72. The van der Waals surface area contributed by atoms with Crippen molar-refractivity contribution in [3.05, 3.63) is 40.6 Å². The number of halogens is 1. The molecular formula is C11H11BrN2OS. The summed E-state index contributed by atoms with van der Waals surface area (Å²) < 4.78 is 2.93. The van der Waals surface area contributed by atoms with E-state index in [9.17, 15) is 5.11 Å². The van der Waals surface area contributed by atoms with E-state index in [0.29, 0.717) is 0 Å². The maximum absolute atomic E-state index is 9.28. The van der Waals surface area contributed by atoms with Gasteiger partial charge in [-0.05, 0) is 23.8 Å². The second-order valence-corrected chi connectivity index (χ2v) is 5.26. The second-order valence-electron chi connectivity index (χ2n) is 3.33. The largest absolute Gasteiger partial charge is 0.392 e. The van der Waals surface area contributed by atoms with Crippen LogP contribution in [0.5, 0.6) is 0 Å². The fraction of sp³-hybridized carbons (Fsp3) is 0.182. The van der Waals surface area contributed by atoms with Gasteiger partial charge in [0.05, 0.1) is 6.61 Å². The summed E-state index contributed by atoms with van der Waals surface area (Å²) >= 11 is 4.94. The van der Waals surface area contributed by atoms with Gasteiger partial charge in [0, 0.05) is 28.8 Å². The van der Waals surface area contributed by atoms with Gasteiger partial charge in [0.25, 0.3) is 0 Å². The Morgan fingerprint density at radius 1 is 1.50 bits per heavy atom. The number of aromatic nitrogens is 2. The van der Waals surface area contributed by atoms with Crippen molar-refractivity contribution in [3.8, 4) is 0 Å². The summed E-state index contributed by atoms with van der Waals surface area (Å²) in [5.74, 6) is 0. The third-order valence-electron chi connectivity index (χ3n) is 2.17. The smallest absolute Gasteiger partial charge is 0.172 e. The van der Waals surface area contributed by atoms with Gasteiger partial charge in [-0.3, -0.25) is 0 Å². The molecule has 0 amide bonds. The van der Waals surface area contributed by atoms with Crippen LogP contribution in [0, 0.1) is 0 Å². The number of hydrogen-bond donors (Lipinski definition) is 1. The molecule has 0 radical (unpaired) electrons. The highest BCUT2D eigenvalue weighted by Crippen LogP contribution is 2.30. The van der Waals surface area contributed by atoms with Gasteiger partial charge in [-0.25, -0.2) is 4.98 Å². The molecule has 0 aliphatic heterocycles. The van der Waals surface area contributed by atoms with Gasteiger partial charge >= 0.3 is 0 Å². The van der Waals surface area contributed by atoms with Gasteiger partial charge in [0.15, 0.2) is 5.16 Å². The van der Waals surface area contributed by atoms with E-state index >= 15 is 0 Å². The third kappa shape index (κ3) is 2.48. The van der Waals surface area contributed by atoms with Gasteiger partial charge < -0.3 is 9.67 Å².